The zero-order valence-electron chi connectivity index (χ0n) is 16.6. The number of carbonyl (C=O) groups is 1. The molecule has 4 rings (SSSR count). The monoisotopic (exact) mass is 344 g/mol. The minimum Gasteiger partial charge on any atom is -0.353 e. The van der Waals surface area contributed by atoms with Crippen molar-refractivity contribution in [3.63, 3.8) is 0 Å². The molecule has 3 saturated carbocycles. The molecule has 0 bridgehead atoms. The highest BCUT2D eigenvalue weighted by atomic mass is 16.1. The number of nitrogens with one attached hydrogen (secondary N) is 1. The molecule has 140 valence electrons. The van der Waals surface area contributed by atoms with Crippen LogP contribution in [0.4, 0.5) is 0 Å². The predicted molar refractivity (Wildman–Crippen MR) is 102 cm³/mol. The van der Waals surface area contributed by atoms with Gasteiger partial charge in [-0.05, 0) is 68.7 Å². The van der Waals surface area contributed by atoms with Gasteiger partial charge in [-0.2, -0.15) is 0 Å². The fourth-order valence-electron chi connectivity index (χ4n) is 7.43. The summed E-state index contributed by atoms with van der Waals surface area (Å²) >= 11 is 0. The van der Waals surface area contributed by atoms with Crippen molar-refractivity contribution in [2.24, 2.45) is 28.6 Å². The van der Waals surface area contributed by atoms with Crippen molar-refractivity contribution in [2.45, 2.75) is 77.8 Å². The van der Waals surface area contributed by atoms with Crippen molar-refractivity contribution < 1.29 is 4.79 Å². The summed E-state index contributed by atoms with van der Waals surface area (Å²) in [7, 11) is 2.31. The third kappa shape index (κ3) is 2.52. The second kappa shape index (κ2) is 6.11. The van der Waals surface area contributed by atoms with E-state index in [9.17, 15) is 4.79 Å². The smallest absolute Gasteiger partial charge is 0.219 e. The Morgan fingerprint density at radius 2 is 1.96 bits per heavy atom. The number of rotatable bonds is 2. The summed E-state index contributed by atoms with van der Waals surface area (Å²) < 4.78 is 0. The second-order valence-corrected chi connectivity index (χ2v) is 9.77. The first kappa shape index (κ1) is 17.6. The molecule has 2 unspecified atom stereocenters. The van der Waals surface area contributed by atoms with Crippen molar-refractivity contribution in [1.82, 2.24) is 10.2 Å². The normalized spacial score (nSPS) is 49.2. The van der Waals surface area contributed by atoms with E-state index in [0.29, 0.717) is 23.3 Å². The molecule has 0 radical (unpaired) electrons. The maximum atomic E-state index is 12.0. The van der Waals surface area contributed by atoms with Gasteiger partial charge < -0.3 is 5.32 Å². The van der Waals surface area contributed by atoms with Gasteiger partial charge in [0.15, 0.2) is 0 Å². The molecule has 0 spiro atoms. The fourth-order valence-corrected chi connectivity index (χ4v) is 7.43. The standard InChI is InChI=1S/C22H36N2O/c1-5-20(25)23-18-9-8-16-15-7-10-19-22(3,12-6-14-24(19)4)17(15)11-13-21(16,18)2/h6,12,15-19H,5,7-11,13-14H2,1-4H3,(H,23,25)/t15-,16-,17+,18?,19?,21-,22+/m0/s1. The van der Waals surface area contributed by atoms with Gasteiger partial charge in [0, 0.05) is 30.5 Å². The molecular formula is C22H36N2O. The second-order valence-electron chi connectivity index (χ2n) is 9.77. The van der Waals surface area contributed by atoms with Crippen LogP contribution in [0.25, 0.3) is 0 Å². The molecule has 25 heavy (non-hydrogen) atoms. The summed E-state index contributed by atoms with van der Waals surface area (Å²) in [5, 5.41) is 3.38. The van der Waals surface area contributed by atoms with Crippen LogP contribution in [-0.4, -0.2) is 36.5 Å². The van der Waals surface area contributed by atoms with E-state index in [2.05, 4.69) is 43.3 Å². The number of hydrogen-bond donors (Lipinski definition) is 1. The minimum atomic E-state index is 0.238. The highest BCUT2D eigenvalue weighted by Crippen LogP contribution is 2.63. The Labute approximate surface area is 153 Å². The van der Waals surface area contributed by atoms with E-state index in [4.69, 9.17) is 0 Å². The molecule has 1 heterocycles. The number of amides is 1. The van der Waals surface area contributed by atoms with Crippen molar-refractivity contribution >= 4 is 5.91 Å². The van der Waals surface area contributed by atoms with Crippen molar-refractivity contribution in [3.8, 4) is 0 Å². The molecule has 7 atom stereocenters. The van der Waals surface area contributed by atoms with Gasteiger partial charge in [-0.1, -0.05) is 32.9 Å². The maximum Gasteiger partial charge on any atom is 0.219 e. The molecule has 4 aliphatic rings. The molecule has 1 aliphatic heterocycles. The molecular weight excluding hydrogens is 308 g/mol. The molecule has 0 aromatic carbocycles. The summed E-state index contributed by atoms with van der Waals surface area (Å²) in [6, 6.07) is 1.13. The van der Waals surface area contributed by atoms with Gasteiger partial charge in [-0.3, -0.25) is 9.69 Å². The van der Waals surface area contributed by atoms with Crippen LogP contribution in [-0.2, 0) is 4.79 Å². The Bertz CT molecular complexity index is 572. The molecule has 3 fully saturated rings. The molecule has 1 amide bonds. The molecule has 0 aromatic rings. The lowest BCUT2D eigenvalue weighted by molar-refractivity contribution is -0.123. The maximum absolute atomic E-state index is 12.0. The fraction of sp³-hybridized carbons (Fsp3) is 0.864. The van der Waals surface area contributed by atoms with E-state index in [0.717, 1.165) is 30.3 Å². The number of carbonyl (C=O) groups excluding carboxylic acids is 1. The minimum absolute atomic E-state index is 0.238. The van der Waals surface area contributed by atoms with Gasteiger partial charge in [0.1, 0.15) is 0 Å². The zero-order chi connectivity index (χ0) is 17.8. The molecule has 1 N–H and O–H groups in total. The molecule has 0 aromatic heterocycles. The van der Waals surface area contributed by atoms with Crippen molar-refractivity contribution in [3.05, 3.63) is 12.2 Å². The summed E-state index contributed by atoms with van der Waals surface area (Å²) in [4.78, 5) is 14.6. The van der Waals surface area contributed by atoms with Gasteiger partial charge >= 0.3 is 0 Å². The van der Waals surface area contributed by atoms with Crippen LogP contribution in [0.1, 0.15) is 65.7 Å². The van der Waals surface area contributed by atoms with Gasteiger partial charge in [-0.15, -0.1) is 0 Å². The Balaban J connectivity index is 1.59. The average Bonchev–Trinajstić information content (AvgIpc) is 2.91. The highest BCUT2D eigenvalue weighted by Gasteiger charge is 2.59. The first-order valence-corrected chi connectivity index (χ1v) is 10.6. The Kier molecular flexibility index (Phi) is 4.30. The highest BCUT2D eigenvalue weighted by molar-refractivity contribution is 5.76. The third-order valence-electron chi connectivity index (χ3n) is 8.79. The topological polar surface area (TPSA) is 32.3 Å². The zero-order valence-corrected chi connectivity index (χ0v) is 16.6. The number of fused-ring (bicyclic) bond motifs is 5. The number of nitrogens with zero attached hydrogens (tertiary/aromatic N) is 1. The lowest BCUT2D eigenvalue weighted by Crippen LogP contribution is -2.59. The van der Waals surface area contributed by atoms with E-state index >= 15 is 0 Å². The summed E-state index contributed by atoms with van der Waals surface area (Å²) in [5.74, 6) is 2.71. The van der Waals surface area contributed by atoms with Crippen LogP contribution < -0.4 is 5.32 Å². The van der Waals surface area contributed by atoms with Gasteiger partial charge in [0.2, 0.25) is 5.91 Å². The van der Waals surface area contributed by atoms with Crippen LogP contribution in [0, 0.1) is 28.6 Å². The largest absolute Gasteiger partial charge is 0.353 e. The first-order valence-electron chi connectivity index (χ1n) is 10.6. The predicted octanol–water partition coefficient (Wildman–Crippen LogP) is 3.99. The van der Waals surface area contributed by atoms with Gasteiger partial charge in [-0.25, -0.2) is 0 Å². The van der Waals surface area contributed by atoms with E-state index in [1.165, 1.54) is 38.5 Å². The third-order valence-corrected chi connectivity index (χ3v) is 8.79. The van der Waals surface area contributed by atoms with E-state index in [-0.39, 0.29) is 5.91 Å². The van der Waals surface area contributed by atoms with Crippen molar-refractivity contribution in [1.29, 1.82) is 0 Å². The van der Waals surface area contributed by atoms with Crippen LogP contribution in [0.2, 0.25) is 0 Å². The Hall–Kier alpha value is -0.830. The number of likely N-dealkylation sites (N-methyl/N-ethyl adjacent to an activating group) is 1. The summed E-state index contributed by atoms with van der Waals surface area (Å²) in [6.45, 7) is 8.10. The SMILES string of the molecule is CCC(=O)NC1CC[C@H]2[C@@H]3CCC4N(C)CC=C[C@]4(C)[C@@H]3CC[C@]12C. The lowest BCUT2D eigenvalue weighted by atomic mass is 9.48. The Morgan fingerprint density at radius 3 is 2.72 bits per heavy atom. The average molecular weight is 345 g/mol. The molecule has 3 nitrogen and oxygen atoms in total. The van der Waals surface area contributed by atoms with E-state index < -0.39 is 0 Å². The first-order chi connectivity index (χ1) is 11.9. The quantitative estimate of drug-likeness (QED) is 0.768. The van der Waals surface area contributed by atoms with Gasteiger partial charge in [0.25, 0.3) is 0 Å². The van der Waals surface area contributed by atoms with Crippen LogP contribution in [0.15, 0.2) is 12.2 Å². The molecule has 3 heteroatoms. The van der Waals surface area contributed by atoms with Crippen LogP contribution in [0.3, 0.4) is 0 Å². The van der Waals surface area contributed by atoms with Crippen LogP contribution >= 0.6 is 0 Å². The lowest BCUT2D eigenvalue weighted by Gasteiger charge is -2.60. The van der Waals surface area contributed by atoms with Gasteiger partial charge in [0.05, 0.1) is 0 Å². The van der Waals surface area contributed by atoms with Crippen LogP contribution in [0.5, 0.6) is 0 Å². The number of hydrogen-bond acceptors (Lipinski definition) is 2. The molecule has 3 aliphatic carbocycles. The Morgan fingerprint density at radius 1 is 1.16 bits per heavy atom. The summed E-state index contributed by atoms with van der Waals surface area (Å²) in [6.07, 6.45) is 13.4. The van der Waals surface area contributed by atoms with Crippen molar-refractivity contribution in [2.75, 3.05) is 13.6 Å². The summed E-state index contributed by atoms with van der Waals surface area (Å²) in [5.41, 5.74) is 0.668. The molecule has 0 saturated heterocycles. The van der Waals surface area contributed by atoms with E-state index in [1.54, 1.807) is 0 Å². The van der Waals surface area contributed by atoms with E-state index in [1.807, 2.05) is 6.92 Å².